The molecule has 0 aliphatic carbocycles. The monoisotopic (exact) mass is 468 g/mol. The highest BCUT2D eigenvalue weighted by Gasteiger charge is 2.43. The van der Waals surface area contributed by atoms with Gasteiger partial charge in [0.15, 0.2) is 19.0 Å². The molecule has 0 aromatic heterocycles. The van der Waals surface area contributed by atoms with Crippen LogP contribution in [0.1, 0.15) is 37.5 Å². The van der Waals surface area contributed by atoms with Crippen LogP contribution in [0.15, 0.2) is 42.5 Å². The summed E-state index contributed by atoms with van der Waals surface area (Å²) in [4.78, 5) is 63.5. The third-order valence-corrected chi connectivity index (χ3v) is 5.93. The standard InChI is InChI=1S/C23H20N2O7S/c1-33-9-8-17(25-21(28)14-4-2-3-5-15(14)22(25)29)23(30)32-11-18(26)13-6-7-19-16(10-13)24-20(27)12-31-19/h2-7,10,17H,8-9,11-12H2,1H3,(H,24,27). The lowest BCUT2D eigenvalue weighted by atomic mass is 10.1. The molecule has 1 unspecified atom stereocenters. The smallest absolute Gasteiger partial charge is 0.329 e. The zero-order valence-corrected chi connectivity index (χ0v) is 18.5. The number of Topliss-reactive ketones (excluding diaryl/α,β-unsaturated/α-hetero) is 1. The van der Waals surface area contributed by atoms with Crippen LogP contribution in [0.4, 0.5) is 5.69 Å². The van der Waals surface area contributed by atoms with E-state index in [4.69, 9.17) is 9.47 Å². The fraction of sp³-hybridized carbons (Fsp3) is 0.261. The predicted molar refractivity (Wildman–Crippen MR) is 120 cm³/mol. The predicted octanol–water partition coefficient (Wildman–Crippen LogP) is 2.16. The second-order valence-electron chi connectivity index (χ2n) is 7.40. The Kier molecular flexibility index (Phi) is 6.45. The molecular weight excluding hydrogens is 448 g/mol. The molecule has 0 bridgehead atoms. The van der Waals surface area contributed by atoms with Gasteiger partial charge in [0, 0.05) is 5.56 Å². The molecule has 2 aliphatic rings. The molecule has 4 rings (SSSR count). The SMILES string of the molecule is CSCCC(C(=O)OCC(=O)c1ccc2c(c1)NC(=O)CO2)N1C(=O)c2ccccc2C1=O. The van der Waals surface area contributed by atoms with Gasteiger partial charge in [-0.1, -0.05) is 12.1 Å². The number of carbonyl (C=O) groups is 5. The molecule has 33 heavy (non-hydrogen) atoms. The van der Waals surface area contributed by atoms with Crippen LogP contribution in [0.25, 0.3) is 0 Å². The lowest BCUT2D eigenvalue weighted by Crippen LogP contribution is -2.46. The van der Waals surface area contributed by atoms with Crippen molar-refractivity contribution in [1.29, 1.82) is 0 Å². The van der Waals surface area contributed by atoms with Crippen LogP contribution < -0.4 is 10.1 Å². The van der Waals surface area contributed by atoms with Crippen LogP contribution in [0.3, 0.4) is 0 Å². The van der Waals surface area contributed by atoms with Crippen LogP contribution >= 0.6 is 11.8 Å². The maximum absolute atomic E-state index is 12.9. The number of fused-ring (bicyclic) bond motifs is 2. The van der Waals surface area contributed by atoms with Gasteiger partial charge in [-0.05, 0) is 48.8 Å². The third kappa shape index (κ3) is 4.47. The van der Waals surface area contributed by atoms with Crippen molar-refractivity contribution in [3.63, 3.8) is 0 Å². The number of nitrogens with one attached hydrogen (secondary N) is 1. The number of thioether (sulfide) groups is 1. The van der Waals surface area contributed by atoms with Crippen LogP contribution in [-0.2, 0) is 14.3 Å². The molecule has 0 saturated heterocycles. The summed E-state index contributed by atoms with van der Waals surface area (Å²) in [5.74, 6) is -1.85. The van der Waals surface area contributed by atoms with Crippen LogP contribution in [-0.4, -0.2) is 65.6 Å². The van der Waals surface area contributed by atoms with Gasteiger partial charge < -0.3 is 14.8 Å². The zero-order valence-electron chi connectivity index (χ0n) is 17.7. The summed E-state index contributed by atoms with van der Waals surface area (Å²) in [5.41, 5.74) is 1.04. The van der Waals surface area contributed by atoms with Crippen LogP contribution in [0.5, 0.6) is 5.75 Å². The van der Waals surface area contributed by atoms with Crippen molar-refractivity contribution >= 4 is 46.9 Å². The summed E-state index contributed by atoms with van der Waals surface area (Å²) in [5, 5.41) is 2.61. The van der Waals surface area contributed by atoms with Gasteiger partial charge in [0.1, 0.15) is 11.8 Å². The molecule has 2 aromatic carbocycles. The molecule has 9 nitrogen and oxygen atoms in total. The molecule has 2 aromatic rings. The summed E-state index contributed by atoms with van der Waals surface area (Å²) in [7, 11) is 0. The fourth-order valence-corrected chi connectivity index (χ4v) is 4.10. The van der Waals surface area contributed by atoms with E-state index in [1.165, 1.54) is 36.0 Å². The highest BCUT2D eigenvalue weighted by Crippen LogP contribution is 2.29. The molecule has 2 aliphatic heterocycles. The minimum Gasteiger partial charge on any atom is -0.482 e. The first-order chi connectivity index (χ1) is 15.9. The highest BCUT2D eigenvalue weighted by atomic mass is 32.2. The number of hydrogen-bond acceptors (Lipinski definition) is 8. The Labute approximate surface area is 193 Å². The van der Waals surface area contributed by atoms with Crippen molar-refractivity contribution in [1.82, 2.24) is 4.90 Å². The number of amides is 3. The number of ether oxygens (including phenoxy) is 2. The Hall–Kier alpha value is -3.66. The Morgan fingerprint density at radius 1 is 1.12 bits per heavy atom. The molecule has 1 atom stereocenters. The molecule has 1 N–H and O–H groups in total. The second-order valence-corrected chi connectivity index (χ2v) is 8.39. The van der Waals surface area contributed by atoms with Crippen molar-refractivity contribution in [3.05, 3.63) is 59.2 Å². The number of anilines is 1. The van der Waals surface area contributed by atoms with Crippen LogP contribution in [0.2, 0.25) is 0 Å². The molecule has 0 fully saturated rings. The number of benzene rings is 2. The van der Waals surface area contributed by atoms with Gasteiger partial charge in [-0.3, -0.25) is 24.1 Å². The average molecular weight is 468 g/mol. The van der Waals surface area contributed by atoms with Crippen molar-refractivity contribution < 1.29 is 33.4 Å². The van der Waals surface area contributed by atoms with E-state index in [0.717, 1.165) is 4.90 Å². The molecule has 3 amide bonds. The van der Waals surface area contributed by atoms with E-state index in [1.54, 1.807) is 18.2 Å². The van der Waals surface area contributed by atoms with E-state index in [9.17, 15) is 24.0 Å². The van der Waals surface area contributed by atoms with E-state index in [1.807, 2.05) is 6.26 Å². The van der Waals surface area contributed by atoms with Crippen LogP contribution in [0, 0.1) is 0 Å². The summed E-state index contributed by atoms with van der Waals surface area (Å²) in [6, 6.07) is 9.71. The first-order valence-electron chi connectivity index (χ1n) is 10.1. The lowest BCUT2D eigenvalue weighted by molar-refractivity contribution is -0.147. The Morgan fingerprint density at radius 2 is 1.82 bits per heavy atom. The second kappa shape index (κ2) is 9.45. The first-order valence-corrected chi connectivity index (χ1v) is 11.5. The van der Waals surface area contributed by atoms with Crippen molar-refractivity contribution in [2.75, 3.05) is 30.5 Å². The maximum atomic E-state index is 12.9. The van der Waals surface area contributed by atoms with Gasteiger partial charge in [-0.2, -0.15) is 11.8 Å². The first kappa shape index (κ1) is 22.5. The van der Waals surface area contributed by atoms with Gasteiger partial charge in [0.25, 0.3) is 17.7 Å². The van der Waals surface area contributed by atoms with Gasteiger partial charge in [-0.25, -0.2) is 4.79 Å². The number of nitrogens with zero attached hydrogens (tertiary/aromatic N) is 1. The van der Waals surface area contributed by atoms with Gasteiger partial charge >= 0.3 is 5.97 Å². The van der Waals surface area contributed by atoms with Gasteiger partial charge in [0.2, 0.25) is 0 Å². The largest absolute Gasteiger partial charge is 0.482 e. The minimum atomic E-state index is -1.14. The molecule has 10 heteroatoms. The summed E-state index contributed by atoms with van der Waals surface area (Å²) in [6.45, 7) is -0.682. The number of esters is 1. The summed E-state index contributed by atoms with van der Waals surface area (Å²) < 4.78 is 10.5. The van der Waals surface area contributed by atoms with Crippen molar-refractivity contribution in [3.8, 4) is 5.75 Å². The highest BCUT2D eigenvalue weighted by molar-refractivity contribution is 7.98. The topological polar surface area (TPSA) is 119 Å². The molecule has 0 spiro atoms. The third-order valence-electron chi connectivity index (χ3n) is 5.28. The Bertz CT molecular complexity index is 1130. The number of hydrogen-bond donors (Lipinski definition) is 1. The normalized spacial score (nSPS) is 15.3. The quantitative estimate of drug-likeness (QED) is 0.356. The van der Waals surface area contributed by atoms with E-state index < -0.39 is 36.2 Å². The summed E-state index contributed by atoms with van der Waals surface area (Å²) >= 11 is 1.46. The van der Waals surface area contributed by atoms with Gasteiger partial charge in [-0.15, -0.1) is 0 Å². The van der Waals surface area contributed by atoms with E-state index >= 15 is 0 Å². The van der Waals surface area contributed by atoms with Gasteiger partial charge in [0.05, 0.1) is 16.8 Å². The molecule has 0 radical (unpaired) electrons. The number of ketones is 1. The Balaban J connectivity index is 1.47. The van der Waals surface area contributed by atoms with E-state index in [2.05, 4.69) is 5.32 Å². The average Bonchev–Trinajstić information content (AvgIpc) is 3.07. The Morgan fingerprint density at radius 3 is 2.48 bits per heavy atom. The van der Waals surface area contributed by atoms with E-state index in [0.29, 0.717) is 17.2 Å². The van der Waals surface area contributed by atoms with Crippen molar-refractivity contribution in [2.24, 2.45) is 0 Å². The maximum Gasteiger partial charge on any atom is 0.329 e. The fourth-order valence-electron chi connectivity index (χ4n) is 3.65. The molecular formula is C23H20N2O7S. The number of imide groups is 1. The van der Waals surface area contributed by atoms with Crippen molar-refractivity contribution in [2.45, 2.75) is 12.5 Å². The molecule has 2 heterocycles. The lowest BCUT2D eigenvalue weighted by Gasteiger charge is -2.24. The van der Waals surface area contributed by atoms with E-state index in [-0.39, 0.29) is 35.6 Å². The number of carbonyl (C=O) groups excluding carboxylic acids is 5. The molecule has 170 valence electrons. The zero-order chi connectivity index (χ0) is 23.5. The molecule has 0 saturated carbocycles. The summed E-state index contributed by atoms with van der Waals surface area (Å²) in [6.07, 6.45) is 2.04. The number of rotatable bonds is 8. The minimum absolute atomic E-state index is 0.104.